The van der Waals surface area contributed by atoms with Crippen LogP contribution >= 0.6 is 0 Å². The molecule has 2 N–H and O–H groups in total. The quantitative estimate of drug-likeness (QED) is 0.573. The van der Waals surface area contributed by atoms with Crippen LogP contribution in [0.15, 0.2) is 60.8 Å². The fourth-order valence-corrected chi connectivity index (χ4v) is 2.43. The second-order valence-electron chi connectivity index (χ2n) is 5.17. The van der Waals surface area contributed by atoms with Gasteiger partial charge >= 0.3 is 0 Å². The molecule has 1 heterocycles. The maximum Gasteiger partial charge on any atom is 0.274 e. The van der Waals surface area contributed by atoms with Crippen LogP contribution in [0.2, 0.25) is 0 Å². The molecule has 22 heavy (non-hydrogen) atoms. The maximum absolute atomic E-state index is 11.3. The van der Waals surface area contributed by atoms with Gasteiger partial charge in [-0.05, 0) is 48.2 Å². The van der Waals surface area contributed by atoms with Crippen molar-refractivity contribution in [3.8, 4) is 0 Å². The number of nitrogens with one attached hydrogen (secondary N) is 1. The van der Waals surface area contributed by atoms with Crippen LogP contribution < -0.4 is 5.48 Å². The molecule has 2 aromatic carbocycles. The fraction of sp³-hybridized carbons (Fsp3) is 0.111. The summed E-state index contributed by atoms with van der Waals surface area (Å²) in [4.78, 5) is 15.7. The van der Waals surface area contributed by atoms with Crippen molar-refractivity contribution in [3.05, 3.63) is 77.5 Å². The molecule has 0 aliphatic heterocycles. The van der Waals surface area contributed by atoms with Crippen molar-refractivity contribution in [1.82, 2.24) is 10.5 Å². The highest BCUT2D eigenvalue weighted by molar-refractivity contribution is 5.93. The summed E-state index contributed by atoms with van der Waals surface area (Å²) < 4.78 is 0. The zero-order chi connectivity index (χ0) is 15.4. The van der Waals surface area contributed by atoms with E-state index in [4.69, 9.17) is 5.21 Å². The number of amides is 1. The van der Waals surface area contributed by atoms with Crippen LogP contribution in [0, 0.1) is 0 Å². The van der Waals surface area contributed by atoms with Crippen molar-refractivity contribution in [2.75, 3.05) is 0 Å². The number of hydroxylamine groups is 1. The molecule has 0 bridgehead atoms. The predicted octanol–water partition coefficient (Wildman–Crippen LogP) is 3.14. The minimum atomic E-state index is -0.495. The van der Waals surface area contributed by atoms with E-state index >= 15 is 0 Å². The molecule has 3 rings (SSSR count). The zero-order valence-electron chi connectivity index (χ0n) is 12.0. The van der Waals surface area contributed by atoms with Crippen LogP contribution in [0.5, 0.6) is 0 Å². The first-order chi connectivity index (χ1) is 10.8. The molecule has 0 fully saturated rings. The maximum atomic E-state index is 11.3. The van der Waals surface area contributed by atoms with Gasteiger partial charge in [-0.15, -0.1) is 0 Å². The Balaban J connectivity index is 1.69. The smallest absolute Gasteiger partial charge is 0.274 e. The number of pyridine rings is 1. The number of benzene rings is 2. The van der Waals surface area contributed by atoms with Crippen molar-refractivity contribution in [2.24, 2.45) is 0 Å². The highest BCUT2D eigenvalue weighted by atomic mass is 16.5. The first-order valence-corrected chi connectivity index (χ1v) is 7.13. The van der Waals surface area contributed by atoms with Gasteiger partial charge in [0.25, 0.3) is 5.91 Å². The third-order valence-corrected chi connectivity index (χ3v) is 3.67. The number of hydrogen-bond acceptors (Lipinski definition) is 3. The van der Waals surface area contributed by atoms with E-state index in [0.29, 0.717) is 5.56 Å². The molecule has 0 aliphatic rings. The summed E-state index contributed by atoms with van der Waals surface area (Å²) in [6.07, 6.45) is 3.68. The van der Waals surface area contributed by atoms with Gasteiger partial charge in [-0.3, -0.25) is 15.0 Å². The van der Waals surface area contributed by atoms with E-state index in [-0.39, 0.29) is 0 Å². The fourth-order valence-electron chi connectivity index (χ4n) is 2.43. The Kier molecular flexibility index (Phi) is 4.12. The van der Waals surface area contributed by atoms with E-state index in [1.807, 2.05) is 36.5 Å². The van der Waals surface area contributed by atoms with Crippen LogP contribution in [-0.2, 0) is 12.8 Å². The van der Waals surface area contributed by atoms with E-state index in [0.717, 1.165) is 29.3 Å². The topological polar surface area (TPSA) is 62.2 Å². The monoisotopic (exact) mass is 292 g/mol. The second-order valence-corrected chi connectivity index (χ2v) is 5.17. The first kappa shape index (κ1) is 14.2. The van der Waals surface area contributed by atoms with Crippen LogP contribution in [0.1, 0.15) is 21.5 Å². The number of nitrogens with zero attached hydrogens (tertiary/aromatic N) is 1. The summed E-state index contributed by atoms with van der Waals surface area (Å²) in [7, 11) is 0. The van der Waals surface area contributed by atoms with E-state index in [9.17, 15) is 4.79 Å². The van der Waals surface area contributed by atoms with E-state index < -0.39 is 5.91 Å². The molecule has 0 saturated carbocycles. The normalized spacial score (nSPS) is 10.6. The molecular formula is C18H16N2O2. The number of aromatic nitrogens is 1. The Morgan fingerprint density at radius 1 is 1.00 bits per heavy atom. The molecule has 4 heteroatoms. The molecule has 3 aromatic rings. The van der Waals surface area contributed by atoms with Gasteiger partial charge in [0.2, 0.25) is 0 Å². The molecule has 1 amide bonds. The lowest BCUT2D eigenvalue weighted by Crippen LogP contribution is -2.18. The van der Waals surface area contributed by atoms with Crippen molar-refractivity contribution < 1.29 is 10.0 Å². The molecule has 0 radical (unpaired) electrons. The summed E-state index contributed by atoms with van der Waals surface area (Å²) in [6, 6.07) is 17.4. The molecule has 0 spiro atoms. The van der Waals surface area contributed by atoms with Gasteiger partial charge in [-0.2, -0.15) is 0 Å². The molecule has 0 atom stereocenters. The summed E-state index contributed by atoms with van der Waals surface area (Å²) in [5.74, 6) is -0.495. The van der Waals surface area contributed by atoms with Crippen LogP contribution in [0.3, 0.4) is 0 Å². The van der Waals surface area contributed by atoms with Gasteiger partial charge < -0.3 is 0 Å². The highest BCUT2D eigenvalue weighted by Crippen LogP contribution is 2.15. The lowest BCUT2D eigenvalue weighted by Gasteiger charge is -2.05. The third kappa shape index (κ3) is 3.13. The summed E-state index contributed by atoms with van der Waals surface area (Å²) in [5.41, 5.74) is 5.41. The number of para-hydroxylation sites is 1. The molecular weight excluding hydrogens is 276 g/mol. The Morgan fingerprint density at radius 3 is 2.50 bits per heavy atom. The van der Waals surface area contributed by atoms with Gasteiger partial charge in [0.15, 0.2) is 0 Å². The Labute approximate surface area is 128 Å². The first-order valence-electron chi connectivity index (χ1n) is 7.13. The number of aryl methyl sites for hydroxylation is 2. The average Bonchev–Trinajstić information content (AvgIpc) is 2.59. The minimum Gasteiger partial charge on any atom is -0.288 e. The van der Waals surface area contributed by atoms with Crippen LogP contribution in [0.4, 0.5) is 0 Å². The van der Waals surface area contributed by atoms with Crippen LogP contribution in [0.25, 0.3) is 10.9 Å². The molecule has 0 saturated heterocycles. The van der Waals surface area contributed by atoms with Crippen LogP contribution in [-0.4, -0.2) is 16.1 Å². The van der Waals surface area contributed by atoms with E-state index in [1.54, 1.807) is 17.6 Å². The number of hydrogen-bond donors (Lipinski definition) is 2. The molecule has 4 nitrogen and oxygen atoms in total. The zero-order valence-corrected chi connectivity index (χ0v) is 12.0. The number of fused-ring (bicyclic) bond motifs is 1. The van der Waals surface area contributed by atoms with Gasteiger partial charge in [0.05, 0.1) is 5.52 Å². The highest BCUT2D eigenvalue weighted by Gasteiger charge is 2.04. The van der Waals surface area contributed by atoms with Gasteiger partial charge in [-0.25, -0.2) is 5.48 Å². The average molecular weight is 292 g/mol. The predicted molar refractivity (Wildman–Crippen MR) is 84.8 cm³/mol. The molecule has 0 unspecified atom stereocenters. The van der Waals surface area contributed by atoms with E-state index in [2.05, 4.69) is 17.1 Å². The third-order valence-electron chi connectivity index (χ3n) is 3.67. The second kappa shape index (κ2) is 6.37. The van der Waals surface area contributed by atoms with Gasteiger partial charge in [0, 0.05) is 17.1 Å². The molecule has 0 aliphatic carbocycles. The lowest BCUT2D eigenvalue weighted by molar-refractivity contribution is 0.0706. The Morgan fingerprint density at radius 2 is 1.73 bits per heavy atom. The van der Waals surface area contributed by atoms with Crippen molar-refractivity contribution in [1.29, 1.82) is 0 Å². The molecule has 1 aromatic heterocycles. The largest absolute Gasteiger partial charge is 0.288 e. The van der Waals surface area contributed by atoms with Crippen molar-refractivity contribution >= 4 is 16.8 Å². The number of rotatable bonds is 4. The minimum absolute atomic E-state index is 0.443. The number of carbonyl (C=O) groups excluding carboxylic acids is 1. The number of carbonyl (C=O) groups is 1. The Bertz CT molecular complexity index is 798. The van der Waals surface area contributed by atoms with Crippen molar-refractivity contribution in [2.45, 2.75) is 12.8 Å². The Hall–Kier alpha value is -2.72. The SMILES string of the molecule is O=C(NO)c1ccc(CCc2cnc3ccccc3c2)cc1. The summed E-state index contributed by atoms with van der Waals surface area (Å²) in [6.45, 7) is 0. The molecule has 110 valence electrons. The van der Waals surface area contributed by atoms with Gasteiger partial charge in [-0.1, -0.05) is 30.3 Å². The summed E-state index contributed by atoms with van der Waals surface area (Å²) >= 11 is 0. The summed E-state index contributed by atoms with van der Waals surface area (Å²) in [5, 5.41) is 9.74. The van der Waals surface area contributed by atoms with E-state index in [1.165, 1.54) is 5.56 Å². The lowest BCUT2D eigenvalue weighted by atomic mass is 10.0. The van der Waals surface area contributed by atoms with Crippen molar-refractivity contribution in [3.63, 3.8) is 0 Å². The standard InChI is InChI=1S/C18H16N2O2/c21-18(20-22)15-9-7-13(8-10-15)5-6-14-11-16-3-1-2-4-17(16)19-12-14/h1-4,7-12,22H,5-6H2,(H,20,21). The van der Waals surface area contributed by atoms with Gasteiger partial charge in [0.1, 0.15) is 0 Å².